The molecule has 0 radical (unpaired) electrons. The minimum absolute atomic E-state index is 0.787. The Balaban J connectivity index is 2.44. The highest BCUT2D eigenvalue weighted by atomic mass is 79.9. The molecule has 0 atom stereocenters. The van der Waals surface area contributed by atoms with Gasteiger partial charge in [0.15, 0.2) is 5.82 Å². The number of aryl methyl sites for hydroxylation is 2. The summed E-state index contributed by atoms with van der Waals surface area (Å²) >= 11 is 3.59. The maximum atomic E-state index is 4.62. The van der Waals surface area contributed by atoms with Crippen LogP contribution in [0.1, 0.15) is 38.6 Å². The van der Waals surface area contributed by atoms with Crippen molar-refractivity contribution in [2.45, 2.75) is 40.0 Å². The Kier molecular flexibility index (Phi) is 5.11. The van der Waals surface area contributed by atoms with Gasteiger partial charge in [-0.1, -0.05) is 20.8 Å². The number of nitrogens with one attached hydrogen (secondary N) is 1. The fourth-order valence-electron chi connectivity index (χ4n) is 1.96. The lowest BCUT2D eigenvalue weighted by Crippen LogP contribution is -2.09. The molecule has 0 aliphatic heterocycles. The Labute approximate surface area is 128 Å². The van der Waals surface area contributed by atoms with Gasteiger partial charge in [0.25, 0.3) is 0 Å². The van der Waals surface area contributed by atoms with Crippen LogP contribution in [-0.4, -0.2) is 26.3 Å². The van der Waals surface area contributed by atoms with Gasteiger partial charge in [-0.15, -0.1) is 0 Å². The summed E-state index contributed by atoms with van der Waals surface area (Å²) in [5.41, 5.74) is 2.23. The van der Waals surface area contributed by atoms with Gasteiger partial charge in [-0.2, -0.15) is 5.10 Å². The lowest BCUT2D eigenvalue weighted by Gasteiger charge is -2.11. The molecule has 0 bridgehead atoms. The average Bonchev–Trinajstić information content (AvgIpc) is 2.89. The van der Waals surface area contributed by atoms with Gasteiger partial charge in [0.2, 0.25) is 0 Å². The van der Waals surface area contributed by atoms with E-state index >= 15 is 0 Å². The van der Waals surface area contributed by atoms with Crippen LogP contribution >= 0.6 is 15.9 Å². The third kappa shape index (κ3) is 3.00. The van der Waals surface area contributed by atoms with Crippen LogP contribution < -0.4 is 5.32 Å². The van der Waals surface area contributed by atoms with Crippen LogP contribution in [0.15, 0.2) is 16.9 Å². The van der Waals surface area contributed by atoms with Crippen LogP contribution in [-0.2, 0) is 12.8 Å². The first-order valence-electron chi connectivity index (χ1n) is 7.03. The van der Waals surface area contributed by atoms with Gasteiger partial charge in [-0.25, -0.2) is 14.6 Å². The second-order valence-corrected chi connectivity index (χ2v) is 5.33. The summed E-state index contributed by atoms with van der Waals surface area (Å²) in [6.07, 6.45) is 4.46. The number of hydrogen-bond acceptors (Lipinski definition) is 4. The second kappa shape index (κ2) is 6.83. The Morgan fingerprint density at radius 3 is 2.65 bits per heavy atom. The van der Waals surface area contributed by atoms with E-state index in [1.54, 1.807) is 6.33 Å². The number of rotatable bonds is 6. The Hall–Kier alpha value is -1.43. The van der Waals surface area contributed by atoms with E-state index < -0.39 is 0 Å². The highest BCUT2D eigenvalue weighted by molar-refractivity contribution is 9.10. The molecular formula is C14H20BrN5. The maximum absolute atomic E-state index is 4.62. The first-order chi connectivity index (χ1) is 9.71. The smallest absolute Gasteiger partial charge is 0.173 e. The SMILES string of the molecule is CCCNc1ncnc(-n2nc(CC)cc2CC)c1Br. The minimum atomic E-state index is 0.787. The number of halogens is 1. The summed E-state index contributed by atoms with van der Waals surface area (Å²) in [6.45, 7) is 7.24. The highest BCUT2D eigenvalue weighted by Crippen LogP contribution is 2.26. The first kappa shape index (κ1) is 15.0. The molecule has 0 fully saturated rings. The molecule has 2 aromatic rings. The van der Waals surface area contributed by atoms with E-state index in [4.69, 9.17) is 0 Å². The van der Waals surface area contributed by atoms with E-state index in [1.807, 2.05) is 4.68 Å². The molecule has 0 amide bonds. The molecule has 0 saturated carbocycles. The third-order valence-electron chi connectivity index (χ3n) is 3.07. The van der Waals surface area contributed by atoms with Gasteiger partial charge in [0, 0.05) is 12.2 Å². The zero-order chi connectivity index (χ0) is 14.5. The normalized spacial score (nSPS) is 10.8. The highest BCUT2D eigenvalue weighted by Gasteiger charge is 2.14. The summed E-state index contributed by atoms with van der Waals surface area (Å²) in [5, 5.41) is 7.91. The van der Waals surface area contributed by atoms with Gasteiger partial charge >= 0.3 is 0 Å². The zero-order valence-electron chi connectivity index (χ0n) is 12.1. The summed E-state index contributed by atoms with van der Waals surface area (Å²) in [6, 6.07) is 2.13. The monoisotopic (exact) mass is 337 g/mol. The van der Waals surface area contributed by atoms with Crippen LogP contribution in [0.3, 0.4) is 0 Å². The summed E-state index contributed by atoms with van der Waals surface area (Å²) < 4.78 is 2.76. The average molecular weight is 338 g/mol. The summed E-state index contributed by atoms with van der Waals surface area (Å²) in [7, 11) is 0. The molecule has 2 heterocycles. The van der Waals surface area contributed by atoms with Crippen molar-refractivity contribution in [3.8, 4) is 5.82 Å². The van der Waals surface area contributed by atoms with Gasteiger partial charge in [0.05, 0.1) is 5.69 Å². The van der Waals surface area contributed by atoms with Crippen LogP contribution in [0.2, 0.25) is 0 Å². The van der Waals surface area contributed by atoms with Crippen molar-refractivity contribution in [3.05, 3.63) is 28.3 Å². The second-order valence-electron chi connectivity index (χ2n) is 4.53. The van der Waals surface area contributed by atoms with Crippen LogP contribution in [0, 0.1) is 0 Å². The predicted molar refractivity (Wildman–Crippen MR) is 84.4 cm³/mol. The fraction of sp³-hybridized carbons (Fsp3) is 0.500. The number of anilines is 1. The minimum Gasteiger partial charge on any atom is -0.369 e. The molecule has 0 unspecified atom stereocenters. The standard InChI is InChI=1S/C14H20BrN5/c1-4-7-16-13-12(15)14(18-9-17-13)20-11(6-3)8-10(5-2)19-20/h8-9H,4-7H2,1-3H3,(H,16,17,18). The van der Waals surface area contributed by atoms with Gasteiger partial charge in [-0.3, -0.25) is 0 Å². The number of hydrogen-bond donors (Lipinski definition) is 1. The predicted octanol–water partition coefficient (Wildman–Crippen LogP) is 3.37. The molecule has 0 saturated heterocycles. The molecule has 2 rings (SSSR count). The largest absolute Gasteiger partial charge is 0.369 e. The molecule has 0 aromatic carbocycles. The molecule has 6 heteroatoms. The van der Waals surface area contributed by atoms with E-state index in [1.165, 1.54) is 0 Å². The van der Waals surface area contributed by atoms with Crippen molar-refractivity contribution < 1.29 is 0 Å². The quantitative estimate of drug-likeness (QED) is 0.877. The molecule has 2 aromatic heterocycles. The molecule has 108 valence electrons. The topological polar surface area (TPSA) is 55.6 Å². The van der Waals surface area contributed by atoms with Crippen molar-refractivity contribution in [2.75, 3.05) is 11.9 Å². The zero-order valence-corrected chi connectivity index (χ0v) is 13.7. The number of nitrogens with zero attached hydrogens (tertiary/aromatic N) is 4. The molecule has 0 aliphatic rings. The van der Waals surface area contributed by atoms with E-state index in [0.717, 1.165) is 53.3 Å². The van der Waals surface area contributed by atoms with Gasteiger partial charge in [-0.05, 0) is 41.3 Å². The van der Waals surface area contributed by atoms with Gasteiger partial charge in [0.1, 0.15) is 16.6 Å². The fourth-order valence-corrected chi connectivity index (χ4v) is 2.47. The molecular weight excluding hydrogens is 318 g/mol. The lowest BCUT2D eigenvalue weighted by molar-refractivity contribution is 0.764. The van der Waals surface area contributed by atoms with Crippen molar-refractivity contribution in [1.29, 1.82) is 0 Å². The Morgan fingerprint density at radius 1 is 1.20 bits per heavy atom. The van der Waals surface area contributed by atoms with E-state index in [0.29, 0.717) is 0 Å². The Bertz CT molecular complexity index is 579. The van der Waals surface area contributed by atoms with E-state index in [9.17, 15) is 0 Å². The molecule has 5 nitrogen and oxygen atoms in total. The molecule has 20 heavy (non-hydrogen) atoms. The number of aromatic nitrogens is 4. The van der Waals surface area contributed by atoms with Crippen LogP contribution in [0.25, 0.3) is 5.82 Å². The Morgan fingerprint density at radius 2 is 2.00 bits per heavy atom. The lowest BCUT2D eigenvalue weighted by atomic mass is 10.2. The summed E-state index contributed by atoms with van der Waals surface area (Å²) in [4.78, 5) is 8.65. The van der Waals surface area contributed by atoms with E-state index in [2.05, 4.69) is 63.2 Å². The maximum Gasteiger partial charge on any atom is 0.173 e. The van der Waals surface area contributed by atoms with Crippen LogP contribution in [0.4, 0.5) is 5.82 Å². The molecule has 1 N–H and O–H groups in total. The van der Waals surface area contributed by atoms with Crippen molar-refractivity contribution in [2.24, 2.45) is 0 Å². The third-order valence-corrected chi connectivity index (χ3v) is 3.80. The molecule has 0 spiro atoms. The summed E-state index contributed by atoms with van der Waals surface area (Å²) in [5.74, 6) is 1.60. The van der Waals surface area contributed by atoms with Crippen LogP contribution in [0.5, 0.6) is 0 Å². The first-order valence-corrected chi connectivity index (χ1v) is 7.83. The van der Waals surface area contributed by atoms with Crippen molar-refractivity contribution in [3.63, 3.8) is 0 Å². The van der Waals surface area contributed by atoms with Gasteiger partial charge < -0.3 is 5.32 Å². The van der Waals surface area contributed by atoms with Crippen molar-refractivity contribution in [1.82, 2.24) is 19.7 Å². The van der Waals surface area contributed by atoms with E-state index in [-0.39, 0.29) is 0 Å². The van der Waals surface area contributed by atoms with Crippen molar-refractivity contribution >= 4 is 21.7 Å². The molecule has 0 aliphatic carbocycles.